The van der Waals surface area contributed by atoms with Crippen LogP contribution in [0, 0.1) is 0 Å². The van der Waals surface area contributed by atoms with Crippen molar-refractivity contribution in [3.63, 3.8) is 0 Å². The van der Waals surface area contributed by atoms with Gasteiger partial charge in [0.15, 0.2) is 0 Å². The van der Waals surface area contributed by atoms with Crippen LogP contribution in [0.25, 0.3) is 0 Å². The summed E-state index contributed by atoms with van der Waals surface area (Å²) in [4.78, 5) is 15.9. The third-order valence-electron chi connectivity index (χ3n) is 2.61. The van der Waals surface area contributed by atoms with Crippen LogP contribution in [-0.4, -0.2) is 44.8 Å². The molecule has 0 spiro atoms. The second-order valence-electron chi connectivity index (χ2n) is 4.02. The van der Waals surface area contributed by atoms with Crippen molar-refractivity contribution in [2.24, 2.45) is 0 Å². The number of hydrogen-bond acceptors (Lipinski definition) is 6. The van der Waals surface area contributed by atoms with Gasteiger partial charge in [-0.1, -0.05) is 0 Å². The summed E-state index contributed by atoms with van der Waals surface area (Å²) in [7, 11) is 3.62. The standard InChI is InChI=1S/C12H17BN2O4/c1-8(14-7-13-17)6-10-9(12(16)19-3)4-5-11(15-10)18-2/h4-5,8,14H,6-7H2,1-3H3. The summed E-state index contributed by atoms with van der Waals surface area (Å²) in [5.41, 5.74) is 0.986. The van der Waals surface area contributed by atoms with E-state index in [1.54, 1.807) is 12.1 Å². The summed E-state index contributed by atoms with van der Waals surface area (Å²) in [6.07, 6.45) is 0.758. The Morgan fingerprint density at radius 1 is 1.47 bits per heavy atom. The Kier molecular flexibility index (Phi) is 6.15. The summed E-state index contributed by atoms with van der Waals surface area (Å²) in [6.45, 7) is 1.91. The summed E-state index contributed by atoms with van der Waals surface area (Å²) >= 11 is 0. The zero-order valence-corrected chi connectivity index (χ0v) is 11.3. The van der Waals surface area contributed by atoms with E-state index in [0.717, 1.165) is 7.15 Å². The maximum absolute atomic E-state index is 11.6. The average Bonchev–Trinajstić information content (AvgIpc) is 2.44. The van der Waals surface area contributed by atoms with Gasteiger partial charge in [-0.05, 0) is 0 Å². The first-order valence-corrected chi connectivity index (χ1v) is 5.91. The first-order valence-electron chi connectivity index (χ1n) is 5.91. The molecule has 1 atom stereocenters. The van der Waals surface area contributed by atoms with Gasteiger partial charge in [0.2, 0.25) is 0 Å². The van der Waals surface area contributed by atoms with Crippen molar-refractivity contribution >= 4 is 13.1 Å². The van der Waals surface area contributed by atoms with Gasteiger partial charge >= 0.3 is 112 Å². The van der Waals surface area contributed by atoms with Gasteiger partial charge in [0, 0.05) is 0 Å². The molecule has 0 aromatic carbocycles. The number of hydrogen-bond donors (Lipinski definition) is 1. The number of pyridine rings is 1. The predicted octanol–water partition coefficient (Wildman–Crippen LogP) is 0.405. The Morgan fingerprint density at radius 2 is 2.21 bits per heavy atom. The quantitative estimate of drug-likeness (QED) is 0.567. The Hall–Kier alpha value is -1.76. The Morgan fingerprint density at radius 3 is 2.79 bits per heavy atom. The van der Waals surface area contributed by atoms with Crippen LogP contribution in [0.3, 0.4) is 0 Å². The number of nitrogens with one attached hydrogen (secondary N) is 1. The molecule has 1 N–H and O–H groups in total. The van der Waals surface area contributed by atoms with Gasteiger partial charge in [-0.3, -0.25) is 0 Å². The SMILES string of the molecule is COC(=O)c1ccc(OC)nc1CC(C)NCB=O. The zero-order chi connectivity index (χ0) is 14.3. The second kappa shape index (κ2) is 7.63. The molecule has 1 heterocycles. The topological polar surface area (TPSA) is 77.5 Å². The van der Waals surface area contributed by atoms with E-state index in [2.05, 4.69) is 10.3 Å². The molecule has 1 aromatic heterocycles. The molecule has 0 saturated heterocycles. The number of aromatic nitrogens is 1. The Balaban J connectivity index is 2.93. The summed E-state index contributed by atoms with van der Waals surface area (Å²) in [5, 5.41) is 3.00. The van der Waals surface area contributed by atoms with E-state index in [4.69, 9.17) is 9.47 Å². The summed E-state index contributed by atoms with van der Waals surface area (Å²) < 4.78 is 20.1. The number of esters is 1. The van der Waals surface area contributed by atoms with Crippen molar-refractivity contribution in [1.82, 2.24) is 10.3 Å². The molecule has 0 radical (unpaired) electrons. The molecule has 0 aliphatic heterocycles. The van der Waals surface area contributed by atoms with Crippen LogP contribution < -0.4 is 10.1 Å². The van der Waals surface area contributed by atoms with Crippen LogP contribution >= 0.6 is 0 Å². The Labute approximate surface area is 112 Å². The number of methoxy groups -OCH3 is 2. The summed E-state index contributed by atoms with van der Waals surface area (Å²) in [5.74, 6) is -0.00187. The number of carbonyl (C=O) groups excluding carboxylic acids is 1. The van der Waals surface area contributed by atoms with Gasteiger partial charge < -0.3 is 0 Å². The minimum atomic E-state index is -0.437. The predicted molar refractivity (Wildman–Crippen MR) is 69.7 cm³/mol. The van der Waals surface area contributed by atoms with Gasteiger partial charge in [-0.2, -0.15) is 0 Å². The molecule has 6 nitrogen and oxygen atoms in total. The fourth-order valence-electron chi connectivity index (χ4n) is 1.66. The van der Waals surface area contributed by atoms with E-state index in [1.807, 2.05) is 6.92 Å². The number of rotatable bonds is 7. The second-order valence-corrected chi connectivity index (χ2v) is 4.02. The fraction of sp³-hybridized carbons (Fsp3) is 0.500. The van der Waals surface area contributed by atoms with Crippen molar-refractivity contribution < 1.29 is 19.0 Å². The molecule has 0 bridgehead atoms. The van der Waals surface area contributed by atoms with Gasteiger partial charge in [0.05, 0.1) is 0 Å². The van der Waals surface area contributed by atoms with Crippen LogP contribution in [-0.2, 0) is 15.9 Å². The van der Waals surface area contributed by atoms with E-state index >= 15 is 0 Å². The third kappa shape index (κ3) is 4.44. The van der Waals surface area contributed by atoms with E-state index in [-0.39, 0.29) is 12.5 Å². The molecule has 0 aliphatic rings. The van der Waals surface area contributed by atoms with Gasteiger partial charge in [-0.25, -0.2) is 0 Å². The van der Waals surface area contributed by atoms with E-state index in [0.29, 0.717) is 23.6 Å². The average molecular weight is 264 g/mol. The molecule has 19 heavy (non-hydrogen) atoms. The molecule has 1 aromatic rings. The monoisotopic (exact) mass is 264 g/mol. The van der Waals surface area contributed by atoms with E-state index in [9.17, 15) is 9.50 Å². The van der Waals surface area contributed by atoms with Crippen LogP contribution in [0.5, 0.6) is 5.88 Å². The van der Waals surface area contributed by atoms with Crippen LogP contribution in [0.4, 0.5) is 0 Å². The molecule has 1 rings (SSSR count). The first kappa shape index (κ1) is 15.3. The summed E-state index contributed by atoms with van der Waals surface area (Å²) in [6, 6.07) is 3.24. The maximum atomic E-state index is 11.6. The zero-order valence-electron chi connectivity index (χ0n) is 11.3. The molecular weight excluding hydrogens is 247 g/mol. The molecule has 102 valence electrons. The molecule has 0 amide bonds. The van der Waals surface area contributed by atoms with Crippen molar-refractivity contribution in [2.75, 3.05) is 20.7 Å². The minimum absolute atomic E-state index is 0.00760. The first-order chi connectivity index (χ1) is 9.12. The van der Waals surface area contributed by atoms with Gasteiger partial charge in [0.25, 0.3) is 0 Å². The van der Waals surface area contributed by atoms with Crippen molar-refractivity contribution in [1.29, 1.82) is 0 Å². The fourth-order valence-corrected chi connectivity index (χ4v) is 1.66. The van der Waals surface area contributed by atoms with Crippen molar-refractivity contribution in [3.05, 3.63) is 23.4 Å². The Bertz CT molecular complexity index is 453. The third-order valence-corrected chi connectivity index (χ3v) is 2.61. The van der Waals surface area contributed by atoms with Crippen LogP contribution in [0.1, 0.15) is 23.0 Å². The normalized spacial score (nSPS) is 11.5. The molecule has 1 unspecified atom stereocenters. The molecule has 0 aliphatic carbocycles. The van der Waals surface area contributed by atoms with E-state index < -0.39 is 5.97 Å². The van der Waals surface area contributed by atoms with Crippen molar-refractivity contribution in [3.8, 4) is 5.88 Å². The number of carbonyl (C=O) groups is 1. The van der Waals surface area contributed by atoms with E-state index in [1.165, 1.54) is 14.2 Å². The van der Waals surface area contributed by atoms with Gasteiger partial charge in [-0.15, -0.1) is 0 Å². The molecule has 0 fully saturated rings. The molecular formula is C12H17BN2O4. The number of ether oxygens (including phenoxy) is 2. The van der Waals surface area contributed by atoms with Gasteiger partial charge in [0.1, 0.15) is 0 Å². The van der Waals surface area contributed by atoms with Crippen LogP contribution in [0.15, 0.2) is 12.1 Å². The van der Waals surface area contributed by atoms with Crippen LogP contribution in [0.2, 0.25) is 0 Å². The molecule has 0 saturated carbocycles. The number of nitrogens with zero attached hydrogens (tertiary/aromatic N) is 1. The molecule has 7 heteroatoms. The van der Waals surface area contributed by atoms with Crippen molar-refractivity contribution in [2.45, 2.75) is 19.4 Å².